The molecule has 3 heteroatoms. The summed E-state index contributed by atoms with van der Waals surface area (Å²) in [6.45, 7) is 0. The summed E-state index contributed by atoms with van der Waals surface area (Å²) >= 11 is 5.37. The zero-order valence-corrected chi connectivity index (χ0v) is 9.08. The highest BCUT2D eigenvalue weighted by Gasteiger charge is 2.07. The fourth-order valence-corrected chi connectivity index (χ4v) is 3.40. The van der Waals surface area contributed by atoms with E-state index in [1.807, 2.05) is 6.20 Å². The number of rotatable bonds is 0. The Bertz CT molecular complexity index is 579. The Morgan fingerprint density at radius 2 is 2.15 bits per heavy atom. The van der Waals surface area contributed by atoms with Crippen LogP contribution in [0.1, 0.15) is 0 Å². The van der Waals surface area contributed by atoms with E-state index in [2.05, 4.69) is 45.2 Å². The maximum absolute atomic E-state index is 3.57. The molecule has 2 heterocycles. The van der Waals surface area contributed by atoms with Gasteiger partial charge in [0, 0.05) is 26.1 Å². The van der Waals surface area contributed by atoms with Crippen molar-refractivity contribution in [2.75, 3.05) is 0 Å². The first-order valence-electron chi connectivity index (χ1n) is 4.00. The second kappa shape index (κ2) is 2.59. The number of aromatic amines is 1. The van der Waals surface area contributed by atoms with Crippen LogP contribution in [-0.4, -0.2) is 4.98 Å². The van der Waals surface area contributed by atoms with Gasteiger partial charge in [-0.1, -0.05) is 22.0 Å². The number of aromatic nitrogens is 1. The smallest absolute Gasteiger partial charge is 0.101 e. The van der Waals surface area contributed by atoms with Crippen molar-refractivity contribution in [2.45, 2.75) is 0 Å². The molecule has 0 fully saturated rings. The average Bonchev–Trinajstić information content (AvgIpc) is 2.62. The van der Waals surface area contributed by atoms with Crippen LogP contribution in [0.2, 0.25) is 0 Å². The molecular weight excluding hydrogens is 246 g/mol. The predicted octanol–water partition coefficient (Wildman–Crippen LogP) is 4.15. The van der Waals surface area contributed by atoms with Gasteiger partial charge >= 0.3 is 0 Å². The maximum atomic E-state index is 3.57. The minimum absolute atomic E-state index is 1.18. The van der Waals surface area contributed by atoms with Crippen LogP contribution >= 0.6 is 27.3 Å². The predicted molar refractivity (Wildman–Crippen MR) is 61.4 cm³/mol. The third-order valence-corrected chi connectivity index (χ3v) is 3.93. The maximum Gasteiger partial charge on any atom is 0.101 e. The van der Waals surface area contributed by atoms with E-state index in [1.54, 1.807) is 11.3 Å². The molecule has 0 amide bonds. The molecule has 0 bridgehead atoms. The van der Waals surface area contributed by atoms with Crippen LogP contribution in [0.3, 0.4) is 0 Å². The normalized spacial score (nSPS) is 11.5. The molecule has 0 aliphatic carbocycles. The summed E-state index contributed by atoms with van der Waals surface area (Å²) in [6.07, 6.45) is 1.99. The molecule has 0 radical (unpaired) electrons. The molecule has 0 aliphatic rings. The van der Waals surface area contributed by atoms with Crippen molar-refractivity contribution in [1.29, 1.82) is 0 Å². The van der Waals surface area contributed by atoms with E-state index in [1.165, 1.54) is 24.8 Å². The van der Waals surface area contributed by atoms with Crippen molar-refractivity contribution >= 4 is 47.6 Å². The molecular formula is C10H6BrNS. The van der Waals surface area contributed by atoms with E-state index in [0.717, 1.165) is 0 Å². The van der Waals surface area contributed by atoms with Crippen LogP contribution < -0.4 is 0 Å². The van der Waals surface area contributed by atoms with Gasteiger partial charge in [0.2, 0.25) is 0 Å². The lowest BCUT2D eigenvalue weighted by molar-refractivity contribution is 1.51. The van der Waals surface area contributed by atoms with E-state index in [9.17, 15) is 0 Å². The summed E-state index contributed by atoms with van der Waals surface area (Å²) < 4.78 is 2.51. The molecule has 0 atom stereocenters. The standard InChI is InChI=1S/C10H6BrNS/c11-7-2-1-3-8-9(7)6-4-5-12-10(6)13-8/h1-5,12H. The third-order valence-electron chi connectivity index (χ3n) is 2.17. The topological polar surface area (TPSA) is 15.8 Å². The Kier molecular flexibility index (Phi) is 1.51. The van der Waals surface area contributed by atoms with E-state index < -0.39 is 0 Å². The zero-order chi connectivity index (χ0) is 8.84. The lowest BCUT2D eigenvalue weighted by Crippen LogP contribution is -1.65. The number of H-pyrrole nitrogens is 1. The molecule has 64 valence electrons. The number of fused-ring (bicyclic) bond motifs is 3. The van der Waals surface area contributed by atoms with Crippen LogP contribution in [0, 0.1) is 0 Å². The Morgan fingerprint density at radius 1 is 1.23 bits per heavy atom. The van der Waals surface area contributed by atoms with Crippen LogP contribution in [0.4, 0.5) is 0 Å². The first-order chi connectivity index (χ1) is 6.36. The summed E-state index contributed by atoms with van der Waals surface area (Å²) in [7, 11) is 0. The van der Waals surface area contributed by atoms with Crippen LogP contribution in [0.25, 0.3) is 20.3 Å². The third kappa shape index (κ3) is 0.974. The van der Waals surface area contributed by atoms with Crippen molar-refractivity contribution in [1.82, 2.24) is 4.98 Å². The van der Waals surface area contributed by atoms with E-state index in [4.69, 9.17) is 0 Å². The van der Waals surface area contributed by atoms with Crippen molar-refractivity contribution in [3.8, 4) is 0 Å². The summed E-state index contributed by atoms with van der Waals surface area (Å²) in [6, 6.07) is 8.43. The summed E-state index contributed by atoms with van der Waals surface area (Å²) in [5.41, 5.74) is 0. The van der Waals surface area contributed by atoms with Gasteiger partial charge in [-0.2, -0.15) is 0 Å². The number of benzene rings is 1. The van der Waals surface area contributed by atoms with Gasteiger partial charge in [0.15, 0.2) is 0 Å². The van der Waals surface area contributed by atoms with Crippen molar-refractivity contribution in [3.63, 3.8) is 0 Å². The van der Waals surface area contributed by atoms with Gasteiger partial charge < -0.3 is 4.98 Å². The number of halogens is 1. The van der Waals surface area contributed by atoms with Gasteiger partial charge in [-0.15, -0.1) is 11.3 Å². The van der Waals surface area contributed by atoms with Crippen molar-refractivity contribution in [2.24, 2.45) is 0 Å². The number of thiophene rings is 1. The quantitative estimate of drug-likeness (QED) is 0.618. The fraction of sp³-hybridized carbons (Fsp3) is 0. The Morgan fingerprint density at radius 3 is 3.08 bits per heavy atom. The highest BCUT2D eigenvalue weighted by Crippen LogP contribution is 2.37. The van der Waals surface area contributed by atoms with Crippen LogP contribution in [0.5, 0.6) is 0 Å². The van der Waals surface area contributed by atoms with E-state index in [-0.39, 0.29) is 0 Å². The summed E-state index contributed by atoms with van der Waals surface area (Å²) in [4.78, 5) is 4.49. The molecule has 0 spiro atoms. The molecule has 1 aromatic carbocycles. The molecule has 2 aromatic heterocycles. The second-order valence-electron chi connectivity index (χ2n) is 2.94. The highest BCUT2D eigenvalue weighted by atomic mass is 79.9. The number of nitrogens with one attached hydrogen (secondary N) is 1. The second-order valence-corrected chi connectivity index (χ2v) is 4.84. The van der Waals surface area contributed by atoms with Gasteiger partial charge in [0.05, 0.1) is 0 Å². The molecule has 0 unspecified atom stereocenters. The summed E-state index contributed by atoms with van der Waals surface area (Å²) in [5, 5.41) is 2.64. The Labute approximate surface area is 87.5 Å². The lowest BCUT2D eigenvalue weighted by Gasteiger charge is -1.91. The molecule has 13 heavy (non-hydrogen) atoms. The van der Waals surface area contributed by atoms with Crippen LogP contribution in [-0.2, 0) is 0 Å². The first-order valence-corrected chi connectivity index (χ1v) is 5.61. The highest BCUT2D eigenvalue weighted by molar-refractivity contribution is 9.10. The van der Waals surface area contributed by atoms with Gasteiger partial charge in [-0.3, -0.25) is 0 Å². The first kappa shape index (κ1) is 7.59. The van der Waals surface area contributed by atoms with E-state index in [0.29, 0.717) is 0 Å². The Balaban J connectivity index is 2.68. The number of hydrogen-bond donors (Lipinski definition) is 1. The minimum Gasteiger partial charge on any atom is -0.353 e. The Hall–Kier alpha value is -0.800. The molecule has 0 aliphatic heterocycles. The summed E-state index contributed by atoms with van der Waals surface area (Å²) in [5.74, 6) is 0. The largest absolute Gasteiger partial charge is 0.353 e. The minimum atomic E-state index is 1.18. The molecule has 1 N–H and O–H groups in total. The molecule has 3 rings (SSSR count). The van der Waals surface area contributed by atoms with Gasteiger partial charge in [-0.05, 0) is 18.2 Å². The molecule has 0 saturated carbocycles. The van der Waals surface area contributed by atoms with Crippen molar-refractivity contribution in [3.05, 3.63) is 34.9 Å². The van der Waals surface area contributed by atoms with Crippen molar-refractivity contribution < 1.29 is 0 Å². The molecule has 3 aromatic rings. The monoisotopic (exact) mass is 251 g/mol. The van der Waals surface area contributed by atoms with Gasteiger partial charge in [0.25, 0.3) is 0 Å². The van der Waals surface area contributed by atoms with Gasteiger partial charge in [-0.25, -0.2) is 0 Å². The molecule has 1 nitrogen and oxygen atoms in total. The molecule has 0 saturated heterocycles. The zero-order valence-electron chi connectivity index (χ0n) is 6.67. The van der Waals surface area contributed by atoms with E-state index >= 15 is 0 Å². The van der Waals surface area contributed by atoms with Gasteiger partial charge in [0.1, 0.15) is 4.83 Å². The van der Waals surface area contributed by atoms with Crippen LogP contribution in [0.15, 0.2) is 34.9 Å². The lowest BCUT2D eigenvalue weighted by atomic mass is 10.2. The SMILES string of the molecule is Brc1cccc2sc3[nH]ccc3c12. The fourth-order valence-electron chi connectivity index (χ4n) is 1.60. The average molecular weight is 252 g/mol. The number of hydrogen-bond acceptors (Lipinski definition) is 1.